The molecule has 2 N–H and O–H groups in total. The molecule has 0 radical (unpaired) electrons. The van der Waals surface area contributed by atoms with Crippen LogP contribution >= 0.6 is 22.9 Å². The first kappa shape index (κ1) is 19.9. The van der Waals surface area contributed by atoms with Crippen molar-refractivity contribution < 1.29 is 18.3 Å². The average molecular weight is 424 g/mol. The van der Waals surface area contributed by atoms with Crippen LogP contribution in [0.25, 0.3) is 11.1 Å². The monoisotopic (exact) mass is 423 g/mol. The number of hydrogen-bond donors (Lipinski definition) is 2. The molecule has 5 nitrogen and oxygen atoms in total. The number of aliphatic hydroxyl groups is 1. The van der Waals surface area contributed by atoms with Crippen LogP contribution in [-0.2, 0) is 10.0 Å². The van der Waals surface area contributed by atoms with Crippen molar-refractivity contribution in [3.63, 3.8) is 0 Å². The molecule has 0 aliphatic carbocycles. The van der Waals surface area contributed by atoms with Crippen molar-refractivity contribution >= 4 is 33.0 Å². The zero-order valence-corrected chi connectivity index (χ0v) is 16.8. The van der Waals surface area contributed by atoms with Gasteiger partial charge in [-0.3, -0.25) is 0 Å². The van der Waals surface area contributed by atoms with E-state index in [1.165, 1.54) is 25.3 Å². The number of thiophene rings is 1. The molecule has 0 saturated heterocycles. The van der Waals surface area contributed by atoms with Crippen molar-refractivity contribution in [2.45, 2.75) is 11.0 Å². The second-order valence-electron chi connectivity index (χ2n) is 5.80. The molecule has 2 aromatic carbocycles. The van der Waals surface area contributed by atoms with Crippen molar-refractivity contribution in [1.82, 2.24) is 4.72 Å². The van der Waals surface area contributed by atoms with Gasteiger partial charge in [0.15, 0.2) is 0 Å². The molecular weight excluding hydrogens is 406 g/mol. The van der Waals surface area contributed by atoms with Crippen molar-refractivity contribution in [3.05, 3.63) is 69.9 Å². The molecule has 1 atom stereocenters. The maximum Gasteiger partial charge on any atom is 0.240 e. The van der Waals surface area contributed by atoms with Crippen LogP contribution in [0.2, 0.25) is 5.02 Å². The summed E-state index contributed by atoms with van der Waals surface area (Å²) >= 11 is 7.60. The highest BCUT2D eigenvalue weighted by atomic mass is 35.5. The van der Waals surface area contributed by atoms with Gasteiger partial charge in [0.05, 0.1) is 23.1 Å². The van der Waals surface area contributed by atoms with Gasteiger partial charge in [0.1, 0.15) is 5.75 Å². The summed E-state index contributed by atoms with van der Waals surface area (Å²) in [7, 11) is -2.35. The third-order valence-electron chi connectivity index (χ3n) is 4.05. The molecule has 27 heavy (non-hydrogen) atoms. The van der Waals surface area contributed by atoms with Crippen LogP contribution in [-0.4, -0.2) is 27.2 Å². The molecule has 3 aromatic rings. The van der Waals surface area contributed by atoms with E-state index in [4.69, 9.17) is 16.3 Å². The number of ether oxygens (including phenoxy) is 1. The van der Waals surface area contributed by atoms with E-state index in [9.17, 15) is 13.5 Å². The topological polar surface area (TPSA) is 75.6 Å². The van der Waals surface area contributed by atoms with E-state index in [-0.39, 0.29) is 16.5 Å². The molecule has 0 bridgehead atoms. The standard InChI is InChI=1S/C19H18ClNO4S2/c1-25-19-7-6-16(10-17(19)20)27(23,24)21-11-18(22)14-4-2-13(3-5-14)15-8-9-26-12-15/h2-10,12,18,21-22H,11H2,1H3/t18-/m1/s1. The van der Waals surface area contributed by atoms with Gasteiger partial charge in [0.2, 0.25) is 10.0 Å². The lowest BCUT2D eigenvalue weighted by Gasteiger charge is -2.14. The van der Waals surface area contributed by atoms with Gasteiger partial charge in [0, 0.05) is 6.54 Å². The fraction of sp³-hybridized carbons (Fsp3) is 0.158. The first-order valence-corrected chi connectivity index (χ1v) is 10.8. The van der Waals surface area contributed by atoms with Gasteiger partial charge in [0.25, 0.3) is 0 Å². The Labute approximate surface area is 167 Å². The van der Waals surface area contributed by atoms with Crippen molar-refractivity contribution in [1.29, 1.82) is 0 Å². The van der Waals surface area contributed by atoms with Gasteiger partial charge in [-0.25, -0.2) is 13.1 Å². The van der Waals surface area contributed by atoms with E-state index in [1.807, 2.05) is 29.0 Å². The summed E-state index contributed by atoms with van der Waals surface area (Å²) in [5, 5.41) is 14.6. The van der Waals surface area contributed by atoms with Crippen molar-refractivity contribution in [3.8, 4) is 16.9 Å². The molecule has 1 heterocycles. The molecule has 0 unspecified atom stereocenters. The Bertz CT molecular complexity index is 1000. The highest BCUT2D eigenvalue weighted by Gasteiger charge is 2.18. The molecular formula is C19H18ClNO4S2. The molecule has 0 aliphatic heterocycles. The number of hydrogen-bond acceptors (Lipinski definition) is 5. The Hall–Kier alpha value is -1.90. The fourth-order valence-electron chi connectivity index (χ4n) is 2.53. The first-order chi connectivity index (χ1) is 12.9. The first-order valence-electron chi connectivity index (χ1n) is 8.04. The zero-order valence-electron chi connectivity index (χ0n) is 14.4. The van der Waals surface area contributed by atoms with Gasteiger partial charge in [-0.1, -0.05) is 35.9 Å². The van der Waals surface area contributed by atoms with Crippen LogP contribution in [0.5, 0.6) is 5.75 Å². The van der Waals surface area contributed by atoms with Crippen LogP contribution in [0.4, 0.5) is 0 Å². The molecule has 8 heteroatoms. The lowest BCUT2D eigenvalue weighted by molar-refractivity contribution is 0.182. The van der Waals surface area contributed by atoms with Crippen LogP contribution in [0.15, 0.2) is 64.2 Å². The normalized spacial score (nSPS) is 12.7. The predicted octanol–water partition coefficient (Wildman–Crippen LogP) is 4.09. The molecule has 0 aliphatic rings. The number of halogens is 1. The smallest absolute Gasteiger partial charge is 0.240 e. The van der Waals surface area contributed by atoms with E-state index in [1.54, 1.807) is 23.5 Å². The van der Waals surface area contributed by atoms with Gasteiger partial charge < -0.3 is 9.84 Å². The summed E-state index contributed by atoms with van der Waals surface area (Å²) in [5.41, 5.74) is 2.78. The average Bonchev–Trinajstić information content (AvgIpc) is 3.21. The minimum Gasteiger partial charge on any atom is -0.495 e. The zero-order chi connectivity index (χ0) is 19.4. The Morgan fingerprint density at radius 2 is 1.89 bits per heavy atom. The lowest BCUT2D eigenvalue weighted by atomic mass is 10.0. The highest BCUT2D eigenvalue weighted by Crippen LogP contribution is 2.27. The molecule has 0 saturated carbocycles. The Kier molecular flexibility index (Phi) is 6.18. The summed E-state index contributed by atoms with van der Waals surface area (Å²) in [4.78, 5) is 0.00769. The number of aliphatic hydroxyl groups excluding tert-OH is 1. The van der Waals surface area contributed by atoms with E-state index in [0.717, 1.165) is 11.1 Å². The lowest BCUT2D eigenvalue weighted by Crippen LogP contribution is -2.28. The van der Waals surface area contributed by atoms with Crippen molar-refractivity contribution in [2.24, 2.45) is 0 Å². The second-order valence-corrected chi connectivity index (χ2v) is 8.75. The van der Waals surface area contributed by atoms with Gasteiger partial charge in [-0.2, -0.15) is 11.3 Å². The Morgan fingerprint density at radius 3 is 2.48 bits per heavy atom. The predicted molar refractivity (Wildman–Crippen MR) is 108 cm³/mol. The highest BCUT2D eigenvalue weighted by molar-refractivity contribution is 7.89. The minimum absolute atomic E-state index is 0.00769. The third-order valence-corrected chi connectivity index (χ3v) is 6.45. The Balaban J connectivity index is 1.67. The van der Waals surface area contributed by atoms with E-state index in [0.29, 0.717) is 11.3 Å². The largest absolute Gasteiger partial charge is 0.495 e. The third kappa shape index (κ3) is 4.69. The van der Waals surface area contributed by atoms with E-state index < -0.39 is 16.1 Å². The van der Waals surface area contributed by atoms with Crippen LogP contribution in [0.1, 0.15) is 11.7 Å². The van der Waals surface area contributed by atoms with Crippen LogP contribution in [0, 0.1) is 0 Å². The summed E-state index contributed by atoms with van der Waals surface area (Å²) in [6, 6.07) is 13.6. The summed E-state index contributed by atoms with van der Waals surface area (Å²) < 4.78 is 32.2. The van der Waals surface area contributed by atoms with Crippen LogP contribution in [0.3, 0.4) is 0 Å². The molecule has 1 aromatic heterocycles. The number of nitrogens with one attached hydrogen (secondary N) is 1. The minimum atomic E-state index is -3.80. The van der Waals surface area contributed by atoms with Crippen molar-refractivity contribution in [2.75, 3.05) is 13.7 Å². The van der Waals surface area contributed by atoms with Gasteiger partial charge >= 0.3 is 0 Å². The number of rotatable bonds is 7. The number of sulfonamides is 1. The summed E-state index contributed by atoms with van der Waals surface area (Å²) in [5.74, 6) is 0.390. The number of benzene rings is 2. The second kappa shape index (κ2) is 8.41. The maximum atomic E-state index is 12.4. The Morgan fingerprint density at radius 1 is 1.15 bits per heavy atom. The maximum absolute atomic E-state index is 12.4. The molecule has 0 fully saturated rings. The molecule has 142 valence electrons. The quantitative estimate of drug-likeness (QED) is 0.600. The van der Waals surface area contributed by atoms with E-state index in [2.05, 4.69) is 4.72 Å². The van der Waals surface area contributed by atoms with E-state index >= 15 is 0 Å². The summed E-state index contributed by atoms with van der Waals surface area (Å²) in [6.07, 6.45) is -0.968. The van der Waals surface area contributed by atoms with Gasteiger partial charge in [-0.05, 0) is 51.7 Å². The molecule has 3 rings (SSSR count). The molecule has 0 spiro atoms. The summed E-state index contributed by atoms with van der Waals surface area (Å²) in [6.45, 7) is -0.149. The van der Waals surface area contributed by atoms with Gasteiger partial charge in [-0.15, -0.1) is 0 Å². The SMILES string of the molecule is COc1ccc(S(=O)(=O)NC[C@@H](O)c2ccc(-c3ccsc3)cc2)cc1Cl. The molecule has 0 amide bonds. The number of methoxy groups -OCH3 is 1. The van der Waals surface area contributed by atoms with Crippen LogP contribution < -0.4 is 9.46 Å². The fourth-order valence-corrected chi connectivity index (χ4v) is 4.58.